The molecule has 1 heterocycles. The van der Waals surface area contributed by atoms with E-state index in [1.54, 1.807) is 4.90 Å². The van der Waals surface area contributed by atoms with E-state index in [9.17, 15) is 14.7 Å². The largest absolute Gasteiger partial charge is 0.491 e. The maximum atomic E-state index is 12.9. The Bertz CT molecular complexity index is 1140. The van der Waals surface area contributed by atoms with Crippen molar-refractivity contribution in [3.63, 3.8) is 0 Å². The normalized spacial score (nSPS) is 17.7. The summed E-state index contributed by atoms with van der Waals surface area (Å²) < 4.78 is 6.00. The number of amidine groups is 1. The first kappa shape index (κ1) is 22.1. The number of nitrogen functional groups attached to an aromatic ring is 1. The van der Waals surface area contributed by atoms with Gasteiger partial charge in [0.1, 0.15) is 18.2 Å². The van der Waals surface area contributed by atoms with E-state index in [1.165, 1.54) is 0 Å². The third-order valence-corrected chi connectivity index (χ3v) is 5.79. The summed E-state index contributed by atoms with van der Waals surface area (Å²) in [4.78, 5) is 25.8. The lowest BCUT2D eigenvalue weighted by Crippen LogP contribution is -2.37. The summed E-state index contributed by atoms with van der Waals surface area (Å²) in [5.41, 5.74) is 8.93. The fourth-order valence-electron chi connectivity index (χ4n) is 4.14. The topological polar surface area (TPSA) is 117 Å². The van der Waals surface area contributed by atoms with Crippen LogP contribution in [0.1, 0.15) is 18.4 Å². The Hall–Kier alpha value is -4.13. The van der Waals surface area contributed by atoms with Crippen molar-refractivity contribution in [3.05, 3.63) is 84.4 Å². The number of rotatable bonds is 8. The molecule has 1 aliphatic rings. The summed E-state index contributed by atoms with van der Waals surface area (Å²) in [5.74, 6) is -1.01. The van der Waals surface area contributed by atoms with E-state index in [4.69, 9.17) is 15.9 Å². The Labute approximate surface area is 191 Å². The summed E-state index contributed by atoms with van der Waals surface area (Å²) in [6, 6.07) is 24.1. The number of hydrogen-bond donors (Lipinski definition) is 3. The number of anilines is 1. The predicted molar refractivity (Wildman–Crippen MR) is 126 cm³/mol. The highest BCUT2D eigenvalue weighted by Gasteiger charge is 2.41. The van der Waals surface area contributed by atoms with E-state index >= 15 is 0 Å². The van der Waals surface area contributed by atoms with Crippen LogP contribution in [0.5, 0.6) is 5.75 Å². The maximum Gasteiger partial charge on any atom is 0.304 e. The van der Waals surface area contributed by atoms with Crippen molar-refractivity contribution in [1.82, 2.24) is 0 Å². The zero-order chi connectivity index (χ0) is 23.4. The highest BCUT2D eigenvalue weighted by Crippen LogP contribution is 2.33. The first-order valence-electron chi connectivity index (χ1n) is 10.7. The van der Waals surface area contributed by atoms with Gasteiger partial charge >= 0.3 is 5.97 Å². The number of carboxylic acid groups (broad SMARTS) is 1. The lowest BCUT2D eigenvalue weighted by Gasteiger charge is -2.25. The quantitative estimate of drug-likeness (QED) is 0.360. The van der Waals surface area contributed by atoms with Crippen molar-refractivity contribution in [3.8, 4) is 16.9 Å². The zero-order valence-electron chi connectivity index (χ0n) is 18.0. The smallest absolute Gasteiger partial charge is 0.304 e. The molecule has 0 bridgehead atoms. The molecule has 0 saturated carbocycles. The Balaban J connectivity index is 1.46. The molecule has 1 amide bonds. The van der Waals surface area contributed by atoms with Crippen LogP contribution in [0.4, 0.5) is 5.69 Å². The number of carbonyl (C=O) groups is 2. The van der Waals surface area contributed by atoms with Gasteiger partial charge in [0.25, 0.3) is 0 Å². The molecule has 1 aliphatic heterocycles. The second-order valence-electron chi connectivity index (χ2n) is 8.05. The highest BCUT2D eigenvalue weighted by molar-refractivity contribution is 5.99. The number of ether oxygens (including phenoxy) is 1. The molecule has 1 fully saturated rings. The number of hydrogen-bond acceptors (Lipinski definition) is 4. The highest BCUT2D eigenvalue weighted by atomic mass is 16.5. The Morgan fingerprint density at radius 1 is 1.00 bits per heavy atom. The van der Waals surface area contributed by atoms with Gasteiger partial charge in [0.05, 0.1) is 18.4 Å². The number of aliphatic carboxylic acids is 1. The molecule has 3 aromatic carbocycles. The van der Waals surface area contributed by atoms with E-state index in [0.29, 0.717) is 17.7 Å². The standard InChI is InChI=1S/C26H25N3O4/c27-25(28)19-8-6-17(7-9-19)18-10-12-23(13-11-18)33-16-22-14-20(15-24(30)31)26(32)29(22)21-4-2-1-3-5-21/h1-13,20,22H,14-16H2,(H3,27,28)(H,30,31)/t20-,22-/m0/s1. The van der Waals surface area contributed by atoms with Gasteiger partial charge in [-0.1, -0.05) is 54.6 Å². The van der Waals surface area contributed by atoms with Crippen molar-refractivity contribution in [2.24, 2.45) is 11.7 Å². The molecule has 4 rings (SSSR count). The molecule has 7 nitrogen and oxygen atoms in total. The average Bonchev–Trinajstić information content (AvgIpc) is 3.13. The van der Waals surface area contributed by atoms with Gasteiger partial charge in [0, 0.05) is 11.3 Å². The van der Waals surface area contributed by atoms with Crippen LogP contribution in [-0.4, -0.2) is 35.5 Å². The Kier molecular flexibility index (Phi) is 6.40. The summed E-state index contributed by atoms with van der Waals surface area (Å²) >= 11 is 0. The van der Waals surface area contributed by atoms with E-state index in [0.717, 1.165) is 16.8 Å². The van der Waals surface area contributed by atoms with Crippen LogP contribution in [0.15, 0.2) is 78.9 Å². The molecule has 1 saturated heterocycles. The van der Waals surface area contributed by atoms with Gasteiger partial charge in [-0.2, -0.15) is 0 Å². The number of para-hydroxylation sites is 1. The van der Waals surface area contributed by atoms with E-state index in [-0.39, 0.29) is 30.8 Å². The molecular weight excluding hydrogens is 418 g/mol. The third-order valence-electron chi connectivity index (χ3n) is 5.79. The van der Waals surface area contributed by atoms with Crippen LogP contribution < -0.4 is 15.4 Å². The fraction of sp³-hybridized carbons (Fsp3) is 0.192. The number of amides is 1. The lowest BCUT2D eigenvalue weighted by molar-refractivity contribution is -0.140. The van der Waals surface area contributed by atoms with Gasteiger partial charge in [-0.3, -0.25) is 15.0 Å². The molecule has 7 heteroatoms. The number of nitrogens with zero attached hydrogens (tertiary/aromatic N) is 1. The van der Waals surface area contributed by atoms with Crippen LogP contribution in [-0.2, 0) is 9.59 Å². The maximum absolute atomic E-state index is 12.9. The number of nitrogens with one attached hydrogen (secondary N) is 1. The molecule has 0 spiro atoms. The first-order chi connectivity index (χ1) is 15.9. The van der Waals surface area contributed by atoms with Crippen molar-refractivity contribution < 1.29 is 19.4 Å². The minimum atomic E-state index is -0.977. The van der Waals surface area contributed by atoms with E-state index in [1.807, 2.05) is 78.9 Å². The van der Waals surface area contributed by atoms with E-state index < -0.39 is 11.9 Å². The molecule has 0 unspecified atom stereocenters. The molecular formula is C26H25N3O4. The molecule has 0 aromatic heterocycles. The Morgan fingerprint density at radius 2 is 1.61 bits per heavy atom. The third kappa shape index (κ3) is 5.03. The SMILES string of the molecule is N=C(N)c1ccc(-c2ccc(OC[C@@H]3C[C@@H](CC(=O)O)C(=O)N3c3ccccc3)cc2)cc1. The van der Waals surface area contributed by atoms with Crippen LogP contribution >= 0.6 is 0 Å². The minimum Gasteiger partial charge on any atom is -0.491 e. The van der Waals surface area contributed by atoms with Crippen molar-refractivity contribution in [1.29, 1.82) is 5.41 Å². The molecule has 3 aromatic rings. The second kappa shape index (κ2) is 9.56. The van der Waals surface area contributed by atoms with Gasteiger partial charge in [-0.05, 0) is 41.8 Å². The molecule has 0 radical (unpaired) electrons. The second-order valence-corrected chi connectivity index (χ2v) is 8.05. The number of benzene rings is 3. The zero-order valence-corrected chi connectivity index (χ0v) is 18.0. The van der Waals surface area contributed by atoms with Gasteiger partial charge in [-0.25, -0.2) is 0 Å². The minimum absolute atomic E-state index is 0.0332. The summed E-state index contributed by atoms with van der Waals surface area (Å²) in [5, 5.41) is 16.7. The van der Waals surface area contributed by atoms with Gasteiger partial charge in [0.15, 0.2) is 0 Å². The number of nitrogens with two attached hydrogens (primary N) is 1. The number of carboxylic acids is 1. The Morgan fingerprint density at radius 3 is 2.18 bits per heavy atom. The summed E-state index contributed by atoms with van der Waals surface area (Å²) in [6.45, 7) is 0.267. The molecule has 0 aliphatic carbocycles. The lowest BCUT2D eigenvalue weighted by atomic mass is 10.0. The average molecular weight is 444 g/mol. The molecule has 168 valence electrons. The molecule has 33 heavy (non-hydrogen) atoms. The molecule has 2 atom stereocenters. The van der Waals surface area contributed by atoms with Crippen LogP contribution in [0.25, 0.3) is 11.1 Å². The van der Waals surface area contributed by atoms with Gasteiger partial charge < -0.3 is 20.5 Å². The summed E-state index contributed by atoms with van der Waals surface area (Å²) in [7, 11) is 0. The van der Waals surface area contributed by atoms with Crippen LogP contribution in [0, 0.1) is 11.3 Å². The van der Waals surface area contributed by atoms with E-state index in [2.05, 4.69) is 0 Å². The van der Waals surface area contributed by atoms with Crippen molar-refractivity contribution in [2.45, 2.75) is 18.9 Å². The van der Waals surface area contributed by atoms with Crippen molar-refractivity contribution >= 4 is 23.4 Å². The van der Waals surface area contributed by atoms with Crippen LogP contribution in [0.3, 0.4) is 0 Å². The number of carbonyl (C=O) groups excluding carboxylic acids is 1. The van der Waals surface area contributed by atoms with Crippen molar-refractivity contribution in [2.75, 3.05) is 11.5 Å². The predicted octanol–water partition coefficient (Wildman–Crippen LogP) is 3.91. The van der Waals surface area contributed by atoms with Crippen LogP contribution in [0.2, 0.25) is 0 Å². The monoisotopic (exact) mass is 443 g/mol. The van der Waals surface area contributed by atoms with Gasteiger partial charge in [-0.15, -0.1) is 0 Å². The first-order valence-corrected chi connectivity index (χ1v) is 10.7. The van der Waals surface area contributed by atoms with Gasteiger partial charge in [0.2, 0.25) is 5.91 Å². The fourth-order valence-corrected chi connectivity index (χ4v) is 4.14. The summed E-state index contributed by atoms with van der Waals surface area (Å²) in [6.07, 6.45) is 0.246. The molecule has 4 N–H and O–H groups in total.